The summed E-state index contributed by atoms with van der Waals surface area (Å²) >= 11 is 0. The Morgan fingerprint density at radius 3 is 2.60 bits per heavy atom. The molecule has 1 unspecified atom stereocenters. The smallest absolute Gasteiger partial charge is 0.165 e. The molecule has 0 spiro atoms. The van der Waals surface area contributed by atoms with Crippen molar-refractivity contribution in [3.05, 3.63) is 96.8 Å². The van der Waals surface area contributed by atoms with Crippen LogP contribution in [0.15, 0.2) is 85.5 Å². The minimum atomic E-state index is -0.363. The van der Waals surface area contributed by atoms with E-state index >= 15 is 0 Å². The van der Waals surface area contributed by atoms with Crippen LogP contribution in [0.25, 0.3) is 10.8 Å². The van der Waals surface area contributed by atoms with Crippen LogP contribution in [0.3, 0.4) is 0 Å². The van der Waals surface area contributed by atoms with E-state index in [2.05, 4.69) is 23.2 Å². The number of fused-ring (bicyclic) bond motifs is 1. The molecule has 1 aromatic heterocycles. The molecule has 4 heteroatoms. The zero-order valence-electron chi connectivity index (χ0n) is 13.5. The average Bonchev–Trinajstić information content (AvgIpc) is 3.16. The number of para-hydroxylation sites is 1. The van der Waals surface area contributed by atoms with Gasteiger partial charge in [0.1, 0.15) is 6.10 Å². The van der Waals surface area contributed by atoms with Gasteiger partial charge in [0.15, 0.2) is 11.6 Å². The van der Waals surface area contributed by atoms with Gasteiger partial charge in [-0.3, -0.25) is 0 Å². The van der Waals surface area contributed by atoms with Gasteiger partial charge in [-0.05, 0) is 22.9 Å². The lowest BCUT2D eigenvalue weighted by atomic mass is 10.00. The first-order valence-electron chi connectivity index (χ1n) is 8.16. The molecule has 3 nitrogen and oxygen atoms in total. The number of ether oxygens (including phenoxy) is 1. The SMILES string of the molecule is Fc1ccccc1OC(Cn1ccnc1)c1cccc2ccccc12. The van der Waals surface area contributed by atoms with Gasteiger partial charge in [0.05, 0.1) is 12.9 Å². The molecular formula is C21H17FN2O. The van der Waals surface area contributed by atoms with Crippen LogP contribution in [0.1, 0.15) is 11.7 Å². The first kappa shape index (κ1) is 15.4. The van der Waals surface area contributed by atoms with Gasteiger partial charge in [-0.25, -0.2) is 9.37 Å². The third kappa shape index (κ3) is 3.24. The van der Waals surface area contributed by atoms with Crippen LogP contribution in [-0.2, 0) is 6.54 Å². The number of nitrogens with zero attached hydrogens (tertiary/aromatic N) is 2. The van der Waals surface area contributed by atoms with E-state index in [1.165, 1.54) is 6.07 Å². The van der Waals surface area contributed by atoms with E-state index in [0.717, 1.165) is 16.3 Å². The van der Waals surface area contributed by atoms with Gasteiger partial charge in [0.25, 0.3) is 0 Å². The number of halogens is 1. The molecule has 0 amide bonds. The quantitative estimate of drug-likeness (QED) is 0.514. The first-order chi connectivity index (χ1) is 12.3. The molecule has 0 aliphatic heterocycles. The Hall–Kier alpha value is -3.14. The third-order valence-corrected chi connectivity index (χ3v) is 4.21. The maximum absolute atomic E-state index is 14.1. The fraction of sp³-hybridized carbons (Fsp3) is 0.0952. The molecule has 0 saturated carbocycles. The second kappa shape index (κ2) is 6.77. The lowest BCUT2D eigenvalue weighted by Gasteiger charge is -2.22. The Morgan fingerprint density at radius 1 is 0.960 bits per heavy atom. The third-order valence-electron chi connectivity index (χ3n) is 4.21. The van der Waals surface area contributed by atoms with E-state index < -0.39 is 0 Å². The lowest BCUT2D eigenvalue weighted by molar-refractivity contribution is 0.177. The van der Waals surface area contributed by atoms with Crippen LogP contribution in [0.4, 0.5) is 4.39 Å². The van der Waals surface area contributed by atoms with E-state index in [-0.39, 0.29) is 17.7 Å². The molecule has 0 bridgehead atoms. The van der Waals surface area contributed by atoms with Gasteiger partial charge >= 0.3 is 0 Å². The predicted molar refractivity (Wildman–Crippen MR) is 95.9 cm³/mol. The number of benzene rings is 3. The van der Waals surface area contributed by atoms with E-state index in [1.54, 1.807) is 30.7 Å². The van der Waals surface area contributed by atoms with E-state index in [0.29, 0.717) is 6.54 Å². The summed E-state index contributed by atoms with van der Waals surface area (Å²) in [6.45, 7) is 0.544. The number of imidazole rings is 1. The van der Waals surface area contributed by atoms with Crippen molar-refractivity contribution in [2.24, 2.45) is 0 Å². The number of hydrogen-bond acceptors (Lipinski definition) is 2. The highest BCUT2D eigenvalue weighted by Gasteiger charge is 2.18. The van der Waals surface area contributed by atoms with Crippen LogP contribution in [-0.4, -0.2) is 9.55 Å². The lowest BCUT2D eigenvalue weighted by Crippen LogP contribution is -2.15. The van der Waals surface area contributed by atoms with Crippen molar-refractivity contribution in [2.45, 2.75) is 12.6 Å². The summed E-state index contributed by atoms with van der Waals surface area (Å²) in [7, 11) is 0. The molecule has 0 N–H and O–H groups in total. The van der Waals surface area contributed by atoms with Gasteiger partial charge in [-0.2, -0.15) is 0 Å². The maximum atomic E-state index is 14.1. The van der Waals surface area contributed by atoms with Crippen molar-refractivity contribution in [1.82, 2.24) is 9.55 Å². The monoisotopic (exact) mass is 332 g/mol. The van der Waals surface area contributed by atoms with Crippen molar-refractivity contribution in [3.8, 4) is 5.75 Å². The van der Waals surface area contributed by atoms with Crippen LogP contribution >= 0.6 is 0 Å². The molecule has 0 aliphatic rings. The predicted octanol–water partition coefficient (Wildman–Crippen LogP) is 5.00. The van der Waals surface area contributed by atoms with Crippen molar-refractivity contribution in [1.29, 1.82) is 0 Å². The van der Waals surface area contributed by atoms with Crippen LogP contribution in [0.5, 0.6) is 5.75 Å². The highest BCUT2D eigenvalue weighted by molar-refractivity contribution is 5.86. The molecule has 0 saturated heterocycles. The molecule has 4 rings (SSSR count). The zero-order chi connectivity index (χ0) is 17.1. The molecule has 124 valence electrons. The Labute approximate surface area is 145 Å². The summed E-state index contributed by atoms with van der Waals surface area (Å²) in [6.07, 6.45) is 5.01. The van der Waals surface area contributed by atoms with Gasteiger partial charge in [0, 0.05) is 18.0 Å². The highest BCUT2D eigenvalue weighted by Crippen LogP contribution is 2.30. The van der Waals surface area contributed by atoms with Crippen molar-refractivity contribution < 1.29 is 9.13 Å². The fourth-order valence-corrected chi connectivity index (χ4v) is 3.01. The highest BCUT2D eigenvalue weighted by atomic mass is 19.1. The molecule has 1 heterocycles. The van der Waals surface area contributed by atoms with Crippen LogP contribution in [0, 0.1) is 5.82 Å². The summed E-state index contributed by atoms with van der Waals surface area (Å²) in [5.74, 6) is -0.112. The minimum Gasteiger partial charge on any atom is -0.481 e. The molecular weight excluding hydrogens is 315 g/mol. The molecule has 0 aliphatic carbocycles. The summed E-state index contributed by atoms with van der Waals surface area (Å²) in [5.41, 5.74) is 1.02. The van der Waals surface area contributed by atoms with Crippen molar-refractivity contribution in [2.75, 3.05) is 0 Å². The molecule has 4 aromatic rings. The second-order valence-corrected chi connectivity index (χ2v) is 5.86. The average molecular weight is 332 g/mol. The standard InChI is InChI=1S/C21H17FN2O/c22-19-10-3-4-11-20(19)25-21(14-24-13-12-23-15-24)18-9-5-7-16-6-1-2-8-17(16)18/h1-13,15,21H,14H2. The maximum Gasteiger partial charge on any atom is 0.165 e. The Bertz CT molecular complexity index is 977. The van der Waals surface area contributed by atoms with Crippen LogP contribution in [0.2, 0.25) is 0 Å². The van der Waals surface area contributed by atoms with Crippen molar-refractivity contribution in [3.63, 3.8) is 0 Å². The van der Waals surface area contributed by atoms with Gasteiger partial charge < -0.3 is 9.30 Å². The molecule has 25 heavy (non-hydrogen) atoms. The van der Waals surface area contributed by atoms with E-state index in [1.807, 2.05) is 35.0 Å². The van der Waals surface area contributed by atoms with Gasteiger partial charge in [-0.15, -0.1) is 0 Å². The molecule has 0 fully saturated rings. The molecule has 0 radical (unpaired) electrons. The first-order valence-corrected chi connectivity index (χ1v) is 8.16. The number of hydrogen-bond donors (Lipinski definition) is 0. The Morgan fingerprint density at radius 2 is 1.76 bits per heavy atom. The summed E-state index contributed by atoms with van der Waals surface area (Å²) < 4.78 is 22.1. The van der Waals surface area contributed by atoms with Crippen molar-refractivity contribution >= 4 is 10.8 Å². The van der Waals surface area contributed by atoms with E-state index in [9.17, 15) is 4.39 Å². The second-order valence-electron chi connectivity index (χ2n) is 5.86. The molecule has 3 aromatic carbocycles. The van der Waals surface area contributed by atoms with E-state index in [4.69, 9.17) is 4.74 Å². The zero-order valence-corrected chi connectivity index (χ0v) is 13.5. The van der Waals surface area contributed by atoms with Gasteiger partial charge in [0.2, 0.25) is 0 Å². The summed E-state index contributed by atoms with van der Waals surface area (Å²) in [6, 6.07) is 20.7. The Balaban J connectivity index is 1.78. The fourth-order valence-electron chi connectivity index (χ4n) is 3.01. The normalized spacial score (nSPS) is 12.2. The number of aromatic nitrogens is 2. The largest absolute Gasteiger partial charge is 0.481 e. The molecule has 1 atom stereocenters. The summed E-state index contributed by atoms with van der Waals surface area (Å²) in [4.78, 5) is 4.09. The van der Waals surface area contributed by atoms with Crippen LogP contribution < -0.4 is 4.74 Å². The minimum absolute atomic E-state index is 0.251. The number of rotatable bonds is 5. The van der Waals surface area contributed by atoms with Gasteiger partial charge in [-0.1, -0.05) is 54.6 Å². The topological polar surface area (TPSA) is 27.1 Å². The summed E-state index contributed by atoms with van der Waals surface area (Å²) in [5, 5.41) is 2.24. The Kier molecular flexibility index (Phi) is 4.17.